The number of nitrogens with one attached hydrogen (secondary N) is 2. The monoisotopic (exact) mass is 433 g/mol. The Balaban J connectivity index is 1.26. The summed E-state index contributed by atoms with van der Waals surface area (Å²) in [6.45, 7) is 6.32. The molecule has 2 unspecified atom stereocenters. The van der Waals surface area contributed by atoms with Gasteiger partial charge in [0.1, 0.15) is 17.7 Å². The van der Waals surface area contributed by atoms with Crippen molar-refractivity contribution in [1.82, 2.24) is 9.80 Å². The maximum absolute atomic E-state index is 13.6. The number of piperazine rings is 1. The first-order chi connectivity index (χ1) is 15.5. The van der Waals surface area contributed by atoms with Crippen molar-refractivity contribution in [3.05, 3.63) is 65.0 Å². The molecule has 2 heterocycles. The zero-order valence-corrected chi connectivity index (χ0v) is 18.0. The molecule has 2 aromatic carbocycles. The second-order valence-electron chi connectivity index (χ2n) is 8.18. The van der Waals surface area contributed by atoms with Crippen molar-refractivity contribution in [1.29, 1.82) is 10.7 Å². The fourth-order valence-corrected chi connectivity index (χ4v) is 4.04. The topological polar surface area (TPSA) is 95.6 Å². The molecule has 2 aliphatic heterocycles. The van der Waals surface area contributed by atoms with Crippen molar-refractivity contribution in [2.75, 3.05) is 32.7 Å². The Morgan fingerprint density at radius 1 is 1.19 bits per heavy atom. The molecule has 1 saturated heterocycles. The summed E-state index contributed by atoms with van der Waals surface area (Å²) >= 11 is 0. The van der Waals surface area contributed by atoms with Crippen LogP contribution in [0.4, 0.5) is 10.1 Å². The third-order valence-electron chi connectivity index (χ3n) is 5.97. The Morgan fingerprint density at radius 2 is 1.94 bits per heavy atom. The van der Waals surface area contributed by atoms with E-state index in [-0.39, 0.29) is 11.5 Å². The van der Waals surface area contributed by atoms with Crippen LogP contribution in [-0.4, -0.2) is 54.7 Å². The van der Waals surface area contributed by atoms with Crippen LogP contribution in [0.2, 0.25) is 0 Å². The highest BCUT2D eigenvalue weighted by Crippen LogP contribution is 2.20. The Bertz CT molecular complexity index is 1050. The standard InChI is InChI=1S/C23H25FN8/c1-17(19-4-7-22(24)20(13-19)14-25)15-30-8-10-31(11-9-30)23(26)12-18-2-5-21(6-3-18)32-16-27-28-29-32/h2-7,13,16-17,26H,8-12,15H2,1H3/p+1. The third kappa shape index (κ3) is 5.04. The quantitative estimate of drug-likeness (QED) is 0.541. The second kappa shape index (κ2) is 9.77. The maximum atomic E-state index is 13.6. The Kier molecular flexibility index (Phi) is 6.63. The molecular weight excluding hydrogens is 407 g/mol. The molecule has 4 rings (SSSR count). The van der Waals surface area contributed by atoms with Crippen LogP contribution in [0.1, 0.15) is 29.5 Å². The maximum Gasteiger partial charge on any atom is 0.243 e. The molecule has 0 aliphatic carbocycles. The Morgan fingerprint density at radius 3 is 2.59 bits per heavy atom. The number of amidine groups is 1. The van der Waals surface area contributed by atoms with Crippen molar-refractivity contribution >= 4 is 17.9 Å². The first kappa shape index (κ1) is 21.7. The van der Waals surface area contributed by atoms with E-state index in [1.165, 1.54) is 6.07 Å². The molecule has 0 amide bonds. The highest BCUT2D eigenvalue weighted by atomic mass is 19.1. The van der Waals surface area contributed by atoms with Crippen molar-refractivity contribution in [3.63, 3.8) is 0 Å². The average molecular weight is 434 g/mol. The minimum Gasteiger partial charge on any atom is -0.358 e. The van der Waals surface area contributed by atoms with Gasteiger partial charge in [0.2, 0.25) is 6.34 Å². The Labute approximate surface area is 186 Å². The van der Waals surface area contributed by atoms with E-state index in [9.17, 15) is 4.39 Å². The summed E-state index contributed by atoms with van der Waals surface area (Å²) in [5.74, 6) is 0.355. The molecule has 2 aliphatic rings. The molecule has 2 aromatic rings. The molecule has 0 saturated carbocycles. The number of benzene rings is 2. The van der Waals surface area contributed by atoms with Gasteiger partial charge in [-0.25, -0.2) is 4.39 Å². The summed E-state index contributed by atoms with van der Waals surface area (Å²) < 4.78 is 13.6. The van der Waals surface area contributed by atoms with E-state index in [2.05, 4.69) is 32.3 Å². The summed E-state index contributed by atoms with van der Waals surface area (Å²) in [6, 6.07) is 14.7. The van der Waals surface area contributed by atoms with Crippen molar-refractivity contribution < 1.29 is 9.40 Å². The van der Waals surface area contributed by atoms with E-state index in [0.29, 0.717) is 12.3 Å². The van der Waals surface area contributed by atoms with Crippen LogP contribution >= 0.6 is 0 Å². The number of halogens is 1. The minimum absolute atomic E-state index is 0.0972. The second-order valence-corrected chi connectivity index (χ2v) is 8.18. The highest BCUT2D eigenvalue weighted by molar-refractivity contribution is 5.81. The summed E-state index contributed by atoms with van der Waals surface area (Å²) in [6.07, 6.45) is 2.23. The zero-order valence-electron chi connectivity index (χ0n) is 18.0. The highest BCUT2D eigenvalue weighted by Gasteiger charge is 2.21. The normalized spacial score (nSPS) is 19.2. The molecule has 2 N–H and O–H groups in total. The number of nitriles is 1. The Hall–Kier alpha value is -3.48. The predicted molar refractivity (Wildman–Crippen MR) is 119 cm³/mol. The van der Waals surface area contributed by atoms with Crippen LogP contribution in [-0.2, 0) is 6.42 Å². The molecule has 8 nitrogen and oxygen atoms in total. The van der Waals surface area contributed by atoms with Crippen LogP contribution in [0.5, 0.6) is 0 Å². The van der Waals surface area contributed by atoms with E-state index in [1.54, 1.807) is 18.5 Å². The smallest absolute Gasteiger partial charge is 0.243 e. The van der Waals surface area contributed by atoms with Gasteiger partial charge in [-0.2, -0.15) is 5.26 Å². The summed E-state index contributed by atoms with van der Waals surface area (Å²) in [5.41, 5.74) is 3.13. The van der Waals surface area contributed by atoms with Gasteiger partial charge in [-0.1, -0.05) is 30.2 Å². The number of nitrogens with zero attached hydrogens (tertiary/aromatic N) is 6. The fourth-order valence-electron chi connectivity index (χ4n) is 4.04. The number of hydrogen-bond acceptors (Lipinski definition) is 6. The van der Waals surface area contributed by atoms with E-state index in [0.717, 1.165) is 54.5 Å². The van der Waals surface area contributed by atoms with Crippen LogP contribution in [0.15, 0.2) is 58.0 Å². The van der Waals surface area contributed by atoms with Crippen LogP contribution in [0.3, 0.4) is 0 Å². The van der Waals surface area contributed by atoms with E-state index >= 15 is 0 Å². The van der Waals surface area contributed by atoms with Crippen LogP contribution in [0, 0.1) is 22.6 Å². The zero-order chi connectivity index (χ0) is 22.5. The van der Waals surface area contributed by atoms with Crippen molar-refractivity contribution in [3.8, 4) is 6.07 Å². The summed E-state index contributed by atoms with van der Waals surface area (Å²) in [4.78, 5) is 4.50. The van der Waals surface area contributed by atoms with Crippen molar-refractivity contribution in [2.24, 2.45) is 15.5 Å². The molecule has 9 heteroatoms. The molecule has 0 radical (unpaired) electrons. The van der Waals surface area contributed by atoms with Gasteiger partial charge < -0.3 is 4.90 Å². The lowest BCUT2D eigenvalue weighted by atomic mass is 9.98. The number of hydrogen-bond donors (Lipinski definition) is 2. The summed E-state index contributed by atoms with van der Waals surface area (Å²) in [5, 5.41) is 29.7. The van der Waals surface area contributed by atoms with Crippen molar-refractivity contribution in [2.45, 2.75) is 19.3 Å². The SMILES string of the molecule is CC(CN1CCN(C(=N)Cc2ccc([NH+]3C=NN=N3)cc2)CC1)c1ccc(F)c(C#N)c1. The first-order valence-corrected chi connectivity index (χ1v) is 10.7. The van der Waals surface area contributed by atoms with E-state index in [4.69, 9.17) is 10.7 Å². The lowest BCUT2D eigenvalue weighted by Crippen LogP contribution is -2.99. The molecular formula is C23H26FN8+. The lowest BCUT2D eigenvalue weighted by Gasteiger charge is -2.37. The van der Waals surface area contributed by atoms with Crippen LogP contribution in [0.25, 0.3) is 0 Å². The van der Waals surface area contributed by atoms with Gasteiger partial charge in [0.25, 0.3) is 0 Å². The fraction of sp³-hybridized carbons (Fsp3) is 0.348. The molecule has 0 bridgehead atoms. The van der Waals surface area contributed by atoms with Gasteiger partial charge in [0, 0.05) is 56.5 Å². The van der Waals surface area contributed by atoms with Crippen LogP contribution < -0.4 is 5.01 Å². The van der Waals surface area contributed by atoms with E-state index < -0.39 is 5.82 Å². The summed E-state index contributed by atoms with van der Waals surface area (Å²) in [7, 11) is 0. The predicted octanol–water partition coefficient (Wildman–Crippen LogP) is 2.48. The van der Waals surface area contributed by atoms with E-state index in [1.807, 2.05) is 30.3 Å². The molecule has 32 heavy (non-hydrogen) atoms. The molecule has 164 valence electrons. The first-order valence-electron chi connectivity index (χ1n) is 10.7. The molecule has 0 spiro atoms. The van der Waals surface area contributed by atoms with Gasteiger partial charge in [0.15, 0.2) is 5.69 Å². The molecule has 0 aromatic heterocycles. The van der Waals surface area contributed by atoms with Gasteiger partial charge >= 0.3 is 0 Å². The number of quaternary nitrogens is 1. The largest absolute Gasteiger partial charge is 0.358 e. The third-order valence-corrected chi connectivity index (χ3v) is 5.97. The minimum atomic E-state index is -0.470. The van der Waals surface area contributed by atoms with Gasteiger partial charge in [-0.05, 0) is 29.2 Å². The van der Waals surface area contributed by atoms with Gasteiger partial charge in [-0.3, -0.25) is 10.3 Å². The number of rotatable bonds is 6. The van der Waals surface area contributed by atoms with Gasteiger partial charge in [-0.15, -0.1) is 5.01 Å². The lowest BCUT2D eigenvalue weighted by molar-refractivity contribution is -0.732. The average Bonchev–Trinajstić information content (AvgIpc) is 3.35. The van der Waals surface area contributed by atoms with Gasteiger partial charge in [0.05, 0.1) is 10.8 Å². The molecule has 2 atom stereocenters. The molecule has 1 fully saturated rings.